The van der Waals surface area contributed by atoms with Crippen molar-refractivity contribution in [2.45, 2.75) is 6.92 Å². The number of carbonyl (C=O) groups is 1. The van der Waals surface area contributed by atoms with Gasteiger partial charge in [-0.15, -0.1) is 5.10 Å². The van der Waals surface area contributed by atoms with Crippen molar-refractivity contribution in [1.29, 1.82) is 0 Å². The molecule has 1 aromatic heterocycles. The molecule has 116 valence electrons. The molecule has 23 heavy (non-hydrogen) atoms. The average Bonchev–Trinajstić information content (AvgIpc) is 2.96. The Bertz CT molecular complexity index is 888. The van der Waals surface area contributed by atoms with Crippen LogP contribution in [0.5, 0.6) is 0 Å². The van der Waals surface area contributed by atoms with E-state index in [1.54, 1.807) is 35.0 Å². The number of primary amides is 1. The van der Waals surface area contributed by atoms with E-state index in [-0.39, 0.29) is 5.82 Å². The lowest BCUT2D eigenvalue weighted by Crippen LogP contribution is -2.13. The summed E-state index contributed by atoms with van der Waals surface area (Å²) in [5, 5.41) is 5.42. The molecule has 0 atom stereocenters. The highest BCUT2D eigenvalue weighted by Gasteiger charge is 2.18. The largest absolute Gasteiger partial charge is 0.363 e. The minimum atomic E-state index is -0.696. The van der Waals surface area contributed by atoms with Gasteiger partial charge in [-0.05, 0) is 48.9 Å². The summed E-state index contributed by atoms with van der Waals surface area (Å²) in [6.07, 6.45) is 0. The molecule has 0 aliphatic heterocycles. The second kappa shape index (κ2) is 6.02. The predicted molar refractivity (Wildman–Crippen MR) is 90.1 cm³/mol. The van der Waals surface area contributed by atoms with Crippen molar-refractivity contribution in [3.05, 3.63) is 63.9 Å². The third-order valence-corrected chi connectivity index (χ3v) is 4.06. The van der Waals surface area contributed by atoms with E-state index in [2.05, 4.69) is 10.1 Å². The Balaban J connectivity index is 2.25. The number of aromatic nitrogens is 3. The minimum Gasteiger partial charge on any atom is -0.363 e. The first-order valence-electron chi connectivity index (χ1n) is 6.75. The number of hydrogen-bond donors (Lipinski definition) is 1. The summed E-state index contributed by atoms with van der Waals surface area (Å²) < 4.78 is 1.56. The zero-order valence-electron chi connectivity index (χ0n) is 12.1. The highest BCUT2D eigenvalue weighted by Crippen LogP contribution is 2.27. The summed E-state index contributed by atoms with van der Waals surface area (Å²) in [5.41, 5.74) is 7.63. The first-order valence-corrected chi connectivity index (χ1v) is 7.51. The molecule has 0 fully saturated rings. The quantitative estimate of drug-likeness (QED) is 0.786. The van der Waals surface area contributed by atoms with Crippen LogP contribution < -0.4 is 5.73 Å². The maximum Gasteiger partial charge on any atom is 0.288 e. The lowest BCUT2D eigenvalue weighted by atomic mass is 10.1. The summed E-state index contributed by atoms with van der Waals surface area (Å²) in [5.74, 6) is -0.270. The number of hydrogen-bond acceptors (Lipinski definition) is 3. The Labute approximate surface area is 142 Å². The molecule has 0 bridgehead atoms. The molecule has 1 amide bonds. The van der Waals surface area contributed by atoms with Gasteiger partial charge in [-0.2, -0.15) is 0 Å². The van der Waals surface area contributed by atoms with Crippen molar-refractivity contribution < 1.29 is 4.79 Å². The van der Waals surface area contributed by atoms with E-state index >= 15 is 0 Å². The van der Waals surface area contributed by atoms with E-state index < -0.39 is 5.91 Å². The smallest absolute Gasteiger partial charge is 0.288 e. The zero-order chi connectivity index (χ0) is 16.6. The Morgan fingerprint density at radius 1 is 1.13 bits per heavy atom. The summed E-state index contributed by atoms with van der Waals surface area (Å²) in [6, 6.07) is 12.5. The van der Waals surface area contributed by atoms with Gasteiger partial charge in [-0.25, -0.2) is 9.67 Å². The number of halogens is 2. The van der Waals surface area contributed by atoms with E-state index in [4.69, 9.17) is 28.9 Å². The van der Waals surface area contributed by atoms with Crippen molar-refractivity contribution in [3.8, 4) is 17.1 Å². The third-order valence-electron chi connectivity index (χ3n) is 3.40. The zero-order valence-corrected chi connectivity index (χ0v) is 13.6. The van der Waals surface area contributed by atoms with Crippen LogP contribution >= 0.6 is 23.2 Å². The molecule has 0 spiro atoms. The fourth-order valence-electron chi connectivity index (χ4n) is 2.20. The van der Waals surface area contributed by atoms with Crippen molar-refractivity contribution in [3.63, 3.8) is 0 Å². The van der Waals surface area contributed by atoms with Crippen LogP contribution in [-0.2, 0) is 0 Å². The first-order chi connectivity index (χ1) is 11.0. The van der Waals surface area contributed by atoms with Gasteiger partial charge in [0.25, 0.3) is 5.91 Å². The molecule has 2 aromatic carbocycles. The topological polar surface area (TPSA) is 73.8 Å². The van der Waals surface area contributed by atoms with Gasteiger partial charge in [-0.1, -0.05) is 29.3 Å². The minimum absolute atomic E-state index is 0.0608. The highest BCUT2D eigenvalue weighted by atomic mass is 35.5. The lowest BCUT2D eigenvalue weighted by Gasteiger charge is -2.10. The number of nitrogens with two attached hydrogens (primary N) is 1. The fourth-order valence-corrected chi connectivity index (χ4v) is 2.49. The van der Waals surface area contributed by atoms with Gasteiger partial charge < -0.3 is 5.73 Å². The summed E-state index contributed by atoms with van der Waals surface area (Å²) in [7, 11) is 0. The van der Waals surface area contributed by atoms with Gasteiger partial charge in [0.05, 0.1) is 5.69 Å². The van der Waals surface area contributed by atoms with Crippen LogP contribution in [0.15, 0.2) is 42.5 Å². The molecule has 2 N–H and O–H groups in total. The molecule has 3 rings (SSSR count). The highest BCUT2D eigenvalue weighted by molar-refractivity contribution is 6.31. The molecule has 0 radical (unpaired) electrons. The summed E-state index contributed by atoms with van der Waals surface area (Å²) >= 11 is 12.1. The molecule has 0 unspecified atom stereocenters. The van der Waals surface area contributed by atoms with Gasteiger partial charge in [0, 0.05) is 15.6 Å². The number of carbonyl (C=O) groups excluding carboxylic acids is 1. The van der Waals surface area contributed by atoms with E-state index in [9.17, 15) is 4.79 Å². The van der Waals surface area contributed by atoms with Crippen molar-refractivity contribution in [2.24, 2.45) is 5.73 Å². The van der Waals surface area contributed by atoms with E-state index in [1.807, 2.05) is 19.1 Å². The second-order valence-electron chi connectivity index (χ2n) is 4.93. The fraction of sp³-hybridized carbons (Fsp3) is 0.0625. The number of benzene rings is 2. The number of nitrogens with zero attached hydrogens (tertiary/aromatic N) is 3. The van der Waals surface area contributed by atoms with Crippen LogP contribution in [0.25, 0.3) is 17.1 Å². The molecular weight excluding hydrogens is 335 g/mol. The number of rotatable bonds is 3. The van der Waals surface area contributed by atoms with Gasteiger partial charge >= 0.3 is 0 Å². The van der Waals surface area contributed by atoms with Crippen LogP contribution in [0.1, 0.15) is 16.2 Å². The standard InChI is InChI=1S/C16H12Cl2N4O/c1-9-12(18)3-2-4-13(9)22-16(20-15(21-22)14(19)23)10-5-7-11(17)8-6-10/h2-8H,1H3,(H2,19,23). The second-order valence-corrected chi connectivity index (χ2v) is 5.77. The van der Waals surface area contributed by atoms with E-state index in [0.717, 1.165) is 16.8 Å². The van der Waals surface area contributed by atoms with Gasteiger partial charge in [0.15, 0.2) is 5.82 Å². The Morgan fingerprint density at radius 2 is 1.83 bits per heavy atom. The van der Waals surface area contributed by atoms with E-state index in [0.29, 0.717) is 15.9 Å². The number of amides is 1. The average molecular weight is 347 g/mol. The van der Waals surface area contributed by atoms with Crippen LogP contribution in [-0.4, -0.2) is 20.7 Å². The Kier molecular flexibility index (Phi) is 4.07. The van der Waals surface area contributed by atoms with Crippen LogP contribution in [0.3, 0.4) is 0 Å². The SMILES string of the molecule is Cc1c(Cl)cccc1-n1nc(C(N)=O)nc1-c1ccc(Cl)cc1. The summed E-state index contributed by atoms with van der Waals surface area (Å²) in [4.78, 5) is 15.7. The van der Waals surface area contributed by atoms with Crippen molar-refractivity contribution in [2.75, 3.05) is 0 Å². The normalized spacial score (nSPS) is 10.7. The first kappa shape index (κ1) is 15.5. The van der Waals surface area contributed by atoms with Crippen molar-refractivity contribution in [1.82, 2.24) is 14.8 Å². The van der Waals surface area contributed by atoms with Gasteiger partial charge in [0.2, 0.25) is 5.82 Å². The molecule has 0 aliphatic rings. The lowest BCUT2D eigenvalue weighted by molar-refractivity contribution is 0.0990. The maximum absolute atomic E-state index is 11.5. The molecule has 0 saturated heterocycles. The molecular formula is C16H12Cl2N4O. The Morgan fingerprint density at radius 3 is 2.48 bits per heavy atom. The molecule has 0 aliphatic carbocycles. The third kappa shape index (κ3) is 2.93. The van der Waals surface area contributed by atoms with E-state index in [1.165, 1.54) is 0 Å². The summed E-state index contributed by atoms with van der Waals surface area (Å²) in [6.45, 7) is 1.87. The molecule has 7 heteroatoms. The molecule has 0 saturated carbocycles. The van der Waals surface area contributed by atoms with Crippen LogP contribution in [0, 0.1) is 6.92 Å². The van der Waals surface area contributed by atoms with Crippen molar-refractivity contribution >= 4 is 29.1 Å². The van der Waals surface area contributed by atoms with Crippen LogP contribution in [0.4, 0.5) is 0 Å². The van der Waals surface area contributed by atoms with Gasteiger partial charge in [0.1, 0.15) is 0 Å². The maximum atomic E-state index is 11.5. The van der Waals surface area contributed by atoms with Gasteiger partial charge in [-0.3, -0.25) is 4.79 Å². The predicted octanol–water partition coefficient (Wildman–Crippen LogP) is 3.65. The van der Waals surface area contributed by atoms with Crippen LogP contribution in [0.2, 0.25) is 10.0 Å². The molecule has 5 nitrogen and oxygen atoms in total. The monoisotopic (exact) mass is 346 g/mol. The molecule has 1 heterocycles. The molecule has 3 aromatic rings. The Hall–Kier alpha value is -2.37.